The van der Waals surface area contributed by atoms with Crippen molar-refractivity contribution >= 4 is 27.8 Å². The van der Waals surface area contributed by atoms with Crippen LogP contribution in [0, 0.1) is 0 Å². The van der Waals surface area contributed by atoms with Crippen molar-refractivity contribution < 1.29 is 9.90 Å². The maximum atomic E-state index is 11.9. The van der Waals surface area contributed by atoms with Crippen LogP contribution in [-0.4, -0.2) is 34.1 Å². The fourth-order valence-electron chi connectivity index (χ4n) is 1.53. The van der Waals surface area contributed by atoms with Crippen LogP contribution < -0.4 is 10.6 Å². The van der Waals surface area contributed by atoms with Crippen molar-refractivity contribution in [3.63, 3.8) is 0 Å². The Balaban J connectivity index is 1.82. The van der Waals surface area contributed by atoms with Gasteiger partial charge >= 0.3 is 0 Å². The van der Waals surface area contributed by atoms with Crippen LogP contribution in [0.5, 0.6) is 5.75 Å². The average molecular weight is 337 g/mol. The van der Waals surface area contributed by atoms with E-state index in [4.69, 9.17) is 0 Å². The summed E-state index contributed by atoms with van der Waals surface area (Å²) in [6.07, 6.45) is 3.26. The van der Waals surface area contributed by atoms with E-state index in [0.29, 0.717) is 19.0 Å². The number of benzene rings is 1. The van der Waals surface area contributed by atoms with Gasteiger partial charge in [0, 0.05) is 30.0 Å². The highest BCUT2D eigenvalue weighted by molar-refractivity contribution is 9.10. The maximum Gasteiger partial charge on any atom is 0.255 e. The molecule has 0 atom stereocenters. The predicted molar refractivity (Wildman–Crippen MR) is 78.7 cm³/mol. The molecule has 1 aromatic heterocycles. The number of phenolic OH excluding ortho intramolecular Hbond substituents is 1. The lowest BCUT2D eigenvalue weighted by Gasteiger charge is -2.08. The van der Waals surface area contributed by atoms with E-state index in [9.17, 15) is 9.90 Å². The summed E-state index contributed by atoms with van der Waals surface area (Å²) in [6.45, 7) is 0.882. The summed E-state index contributed by atoms with van der Waals surface area (Å²) in [7, 11) is 0. The van der Waals surface area contributed by atoms with Crippen molar-refractivity contribution in [3.05, 3.63) is 46.7 Å². The summed E-state index contributed by atoms with van der Waals surface area (Å²) in [6, 6.07) is 6.43. The van der Waals surface area contributed by atoms with Crippen LogP contribution in [0.1, 0.15) is 10.4 Å². The van der Waals surface area contributed by atoms with E-state index in [1.807, 2.05) is 0 Å². The number of rotatable bonds is 5. The zero-order chi connectivity index (χ0) is 14.4. The van der Waals surface area contributed by atoms with Gasteiger partial charge in [-0.2, -0.15) is 0 Å². The van der Waals surface area contributed by atoms with Crippen LogP contribution in [0.2, 0.25) is 0 Å². The molecule has 104 valence electrons. The van der Waals surface area contributed by atoms with Crippen LogP contribution in [0.3, 0.4) is 0 Å². The number of amides is 1. The second kappa shape index (κ2) is 6.85. The van der Waals surface area contributed by atoms with Gasteiger partial charge in [-0.05, 0) is 24.3 Å². The molecule has 0 unspecified atom stereocenters. The van der Waals surface area contributed by atoms with Gasteiger partial charge in [-0.15, -0.1) is 0 Å². The molecule has 0 radical (unpaired) electrons. The lowest BCUT2D eigenvalue weighted by molar-refractivity contribution is 0.0952. The first-order chi connectivity index (χ1) is 9.66. The molecule has 6 nitrogen and oxygen atoms in total. The number of carbonyl (C=O) groups is 1. The molecular formula is C13H13BrN4O2. The predicted octanol–water partition coefficient (Wildman–Crippen LogP) is 1.79. The van der Waals surface area contributed by atoms with Gasteiger partial charge in [0.1, 0.15) is 5.75 Å². The maximum absolute atomic E-state index is 11.9. The first kappa shape index (κ1) is 14.3. The fourth-order valence-corrected chi connectivity index (χ4v) is 1.89. The Morgan fingerprint density at radius 1 is 1.25 bits per heavy atom. The number of aromatic hydroxyl groups is 1. The first-order valence-corrected chi connectivity index (χ1v) is 6.74. The minimum absolute atomic E-state index is 0.0509. The molecule has 7 heteroatoms. The number of nitrogens with one attached hydrogen (secondary N) is 2. The second-order valence-electron chi connectivity index (χ2n) is 3.92. The highest BCUT2D eigenvalue weighted by Gasteiger charge is 2.10. The van der Waals surface area contributed by atoms with E-state index in [1.165, 1.54) is 6.07 Å². The van der Waals surface area contributed by atoms with Gasteiger partial charge in [-0.3, -0.25) is 4.79 Å². The summed E-state index contributed by atoms with van der Waals surface area (Å²) in [5.74, 6) is 0.122. The summed E-state index contributed by atoms with van der Waals surface area (Å²) >= 11 is 3.26. The smallest absolute Gasteiger partial charge is 0.255 e. The molecule has 0 spiro atoms. The Bertz CT molecular complexity index is 592. The normalized spacial score (nSPS) is 10.1. The summed E-state index contributed by atoms with van der Waals surface area (Å²) in [5, 5.41) is 15.3. The van der Waals surface area contributed by atoms with E-state index in [-0.39, 0.29) is 17.2 Å². The molecule has 0 saturated carbocycles. The van der Waals surface area contributed by atoms with E-state index in [1.54, 1.807) is 30.6 Å². The van der Waals surface area contributed by atoms with Gasteiger partial charge in [-0.1, -0.05) is 15.9 Å². The van der Waals surface area contributed by atoms with Crippen molar-refractivity contribution in [1.82, 2.24) is 15.3 Å². The van der Waals surface area contributed by atoms with Crippen LogP contribution in [0.25, 0.3) is 0 Å². The summed E-state index contributed by atoms with van der Waals surface area (Å²) in [4.78, 5) is 19.9. The molecular weight excluding hydrogens is 324 g/mol. The number of nitrogens with zero attached hydrogens (tertiary/aromatic N) is 2. The molecule has 0 fully saturated rings. The lowest BCUT2D eigenvalue weighted by Crippen LogP contribution is -2.29. The molecule has 2 aromatic rings. The quantitative estimate of drug-likeness (QED) is 0.724. The van der Waals surface area contributed by atoms with Crippen LogP contribution >= 0.6 is 15.9 Å². The molecule has 0 bridgehead atoms. The fraction of sp³-hybridized carbons (Fsp3) is 0.154. The van der Waals surface area contributed by atoms with Gasteiger partial charge in [-0.25, -0.2) is 9.97 Å². The molecule has 3 N–H and O–H groups in total. The van der Waals surface area contributed by atoms with E-state index < -0.39 is 0 Å². The van der Waals surface area contributed by atoms with Crippen molar-refractivity contribution in [2.75, 3.05) is 18.4 Å². The van der Waals surface area contributed by atoms with Crippen LogP contribution in [-0.2, 0) is 0 Å². The van der Waals surface area contributed by atoms with Gasteiger partial charge in [0.2, 0.25) is 5.95 Å². The molecule has 2 rings (SSSR count). The van der Waals surface area contributed by atoms with Crippen LogP contribution in [0.15, 0.2) is 41.1 Å². The van der Waals surface area contributed by atoms with Crippen molar-refractivity contribution in [1.29, 1.82) is 0 Å². The number of hydrogen-bond acceptors (Lipinski definition) is 5. The molecule has 0 saturated heterocycles. The van der Waals surface area contributed by atoms with Gasteiger partial charge < -0.3 is 15.7 Å². The highest BCUT2D eigenvalue weighted by Crippen LogP contribution is 2.21. The van der Waals surface area contributed by atoms with E-state index >= 15 is 0 Å². The topological polar surface area (TPSA) is 87.1 Å². The zero-order valence-corrected chi connectivity index (χ0v) is 12.1. The standard InChI is InChI=1S/C13H13BrN4O2/c14-9-2-3-11(19)10(8-9)12(20)15-6-7-18-13-16-4-1-5-17-13/h1-5,8,19H,6-7H2,(H,15,20)(H,16,17,18). The molecule has 1 aromatic carbocycles. The Labute approximate surface area is 124 Å². The molecule has 0 aliphatic rings. The number of anilines is 1. The van der Waals surface area contributed by atoms with Crippen molar-refractivity contribution in [2.24, 2.45) is 0 Å². The SMILES string of the molecule is O=C(NCCNc1ncccn1)c1cc(Br)ccc1O. The zero-order valence-electron chi connectivity index (χ0n) is 10.5. The number of hydrogen-bond donors (Lipinski definition) is 3. The number of halogens is 1. The monoisotopic (exact) mass is 336 g/mol. The van der Waals surface area contributed by atoms with Gasteiger partial charge in [0.25, 0.3) is 5.91 Å². The Hall–Kier alpha value is -2.15. The Morgan fingerprint density at radius 3 is 2.75 bits per heavy atom. The minimum atomic E-state index is -0.334. The third-order valence-electron chi connectivity index (χ3n) is 2.46. The number of carbonyl (C=O) groups excluding carboxylic acids is 1. The van der Waals surface area contributed by atoms with E-state index in [0.717, 1.165) is 4.47 Å². The van der Waals surface area contributed by atoms with Gasteiger partial charge in [0.05, 0.1) is 5.56 Å². The molecule has 0 aliphatic heterocycles. The lowest BCUT2D eigenvalue weighted by atomic mass is 10.2. The molecule has 1 amide bonds. The minimum Gasteiger partial charge on any atom is -0.507 e. The molecule has 1 heterocycles. The van der Waals surface area contributed by atoms with Gasteiger partial charge in [0.15, 0.2) is 0 Å². The van der Waals surface area contributed by atoms with Crippen molar-refractivity contribution in [2.45, 2.75) is 0 Å². The third kappa shape index (κ3) is 3.92. The van der Waals surface area contributed by atoms with E-state index in [2.05, 4.69) is 36.5 Å². The first-order valence-electron chi connectivity index (χ1n) is 5.94. The Kier molecular flexibility index (Phi) is 4.89. The summed E-state index contributed by atoms with van der Waals surface area (Å²) in [5.41, 5.74) is 0.232. The highest BCUT2D eigenvalue weighted by atomic mass is 79.9. The summed E-state index contributed by atoms with van der Waals surface area (Å²) < 4.78 is 0.733. The Morgan fingerprint density at radius 2 is 2.00 bits per heavy atom. The number of aromatic nitrogens is 2. The molecule has 0 aliphatic carbocycles. The third-order valence-corrected chi connectivity index (χ3v) is 2.96. The molecule has 20 heavy (non-hydrogen) atoms. The van der Waals surface area contributed by atoms with Crippen LogP contribution in [0.4, 0.5) is 5.95 Å². The average Bonchev–Trinajstić information content (AvgIpc) is 2.47. The van der Waals surface area contributed by atoms with Crippen molar-refractivity contribution in [3.8, 4) is 5.75 Å². The second-order valence-corrected chi connectivity index (χ2v) is 4.83. The number of phenols is 1. The largest absolute Gasteiger partial charge is 0.507 e.